The summed E-state index contributed by atoms with van der Waals surface area (Å²) in [6.07, 6.45) is 2.32. The van der Waals surface area contributed by atoms with Gasteiger partial charge in [-0.3, -0.25) is 4.79 Å². The number of hydrogen-bond donors (Lipinski definition) is 3. The molecule has 2 rings (SSSR count). The highest BCUT2D eigenvalue weighted by molar-refractivity contribution is 5.90. The van der Waals surface area contributed by atoms with Gasteiger partial charge in [0.15, 0.2) is 0 Å². The van der Waals surface area contributed by atoms with Gasteiger partial charge in [0.1, 0.15) is 5.75 Å². The van der Waals surface area contributed by atoms with E-state index >= 15 is 0 Å². The minimum atomic E-state index is -0.147. The van der Waals surface area contributed by atoms with Crippen LogP contribution in [0.1, 0.15) is 31.4 Å². The number of hydrogen-bond acceptors (Lipinski definition) is 4. The Morgan fingerprint density at radius 2 is 2.26 bits per heavy atom. The van der Waals surface area contributed by atoms with E-state index in [9.17, 15) is 9.90 Å². The van der Waals surface area contributed by atoms with Gasteiger partial charge in [0, 0.05) is 13.0 Å². The zero-order chi connectivity index (χ0) is 13.8. The highest BCUT2D eigenvalue weighted by atomic mass is 16.5. The molecule has 1 fully saturated rings. The Kier molecular flexibility index (Phi) is 4.39. The number of carbonyl (C=O) groups excluding carboxylic acids is 1. The van der Waals surface area contributed by atoms with Crippen molar-refractivity contribution in [3.63, 3.8) is 0 Å². The van der Waals surface area contributed by atoms with Crippen molar-refractivity contribution in [2.45, 2.75) is 31.8 Å². The largest absolute Gasteiger partial charge is 0.495 e. The number of aliphatic hydroxyl groups excluding tert-OH is 1. The van der Waals surface area contributed by atoms with Gasteiger partial charge in [0.2, 0.25) is 5.91 Å². The number of nitrogens with one attached hydrogen (secondary N) is 2. The van der Waals surface area contributed by atoms with E-state index in [0.717, 1.165) is 18.4 Å². The Hall–Kier alpha value is -1.59. The molecule has 1 amide bonds. The molecule has 1 aromatic carbocycles. The molecular weight excluding hydrogens is 244 g/mol. The van der Waals surface area contributed by atoms with Gasteiger partial charge in [-0.2, -0.15) is 0 Å². The third kappa shape index (κ3) is 3.68. The van der Waals surface area contributed by atoms with E-state index in [4.69, 9.17) is 4.74 Å². The zero-order valence-electron chi connectivity index (χ0n) is 11.3. The number of benzene rings is 1. The smallest absolute Gasteiger partial charge is 0.221 e. The van der Waals surface area contributed by atoms with Crippen LogP contribution in [0.5, 0.6) is 5.75 Å². The summed E-state index contributed by atoms with van der Waals surface area (Å²) in [6.45, 7) is 1.49. The van der Waals surface area contributed by atoms with Gasteiger partial charge in [0.25, 0.3) is 0 Å². The Labute approximate surface area is 113 Å². The van der Waals surface area contributed by atoms with Crippen molar-refractivity contribution in [3.05, 3.63) is 23.8 Å². The molecule has 0 radical (unpaired) electrons. The van der Waals surface area contributed by atoms with Crippen molar-refractivity contribution in [3.8, 4) is 5.75 Å². The Morgan fingerprint density at radius 1 is 1.53 bits per heavy atom. The molecule has 1 unspecified atom stereocenters. The molecule has 1 aliphatic rings. The van der Waals surface area contributed by atoms with Crippen LogP contribution in [0.15, 0.2) is 18.2 Å². The molecule has 1 saturated carbocycles. The van der Waals surface area contributed by atoms with Crippen LogP contribution in [0.25, 0.3) is 0 Å². The Balaban J connectivity index is 2.21. The van der Waals surface area contributed by atoms with Gasteiger partial charge >= 0.3 is 0 Å². The molecule has 0 saturated heterocycles. The predicted molar refractivity (Wildman–Crippen MR) is 73.3 cm³/mol. The summed E-state index contributed by atoms with van der Waals surface area (Å²) < 4.78 is 5.21. The molecule has 0 spiro atoms. The van der Waals surface area contributed by atoms with E-state index in [0.29, 0.717) is 17.5 Å². The van der Waals surface area contributed by atoms with Gasteiger partial charge in [-0.25, -0.2) is 0 Å². The molecule has 3 N–H and O–H groups in total. The normalized spacial score (nSPS) is 15.9. The van der Waals surface area contributed by atoms with Crippen LogP contribution < -0.4 is 15.4 Å². The number of amides is 1. The Bertz CT molecular complexity index is 458. The standard InChI is InChI=1S/C14H20N2O3/c1-9(18)15-12-7-10(3-6-14(12)19-2)13(8-17)16-11-4-5-11/h3,6-7,11,13,16-17H,4-5,8H2,1-2H3,(H,15,18). The van der Waals surface area contributed by atoms with E-state index < -0.39 is 0 Å². The summed E-state index contributed by atoms with van der Waals surface area (Å²) >= 11 is 0. The molecule has 19 heavy (non-hydrogen) atoms. The quantitative estimate of drug-likeness (QED) is 0.727. The van der Waals surface area contributed by atoms with Crippen LogP contribution in [0.2, 0.25) is 0 Å². The molecule has 5 heteroatoms. The third-order valence-electron chi connectivity index (χ3n) is 3.13. The van der Waals surface area contributed by atoms with Crippen molar-refractivity contribution in [1.29, 1.82) is 0 Å². The number of ether oxygens (including phenoxy) is 1. The van der Waals surface area contributed by atoms with Gasteiger partial charge < -0.3 is 20.5 Å². The maximum Gasteiger partial charge on any atom is 0.221 e. The second kappa shape index (κ2) is 6.04. The Morgan fingerprint density at radius 3 is 2.79 bits per heavy atom. The minimum Gasteiger partial charge on any atom is -0.495 e. The summed E-state index contributed by atoms with van der Waals surface area (Å²) in [5.41, 5.74) is 1.57. The van der Waals surface area contributed by atoms with Crippen molar-refractivity contribution in [2.24, 2.45) is 0 Å². The van der Waals surface area contributed by atoms with E-state index in [2.05, 4.69) is 10.6 Å². The van der Waals surface area contributed by atoms with E-state index in [1.807, 2.05) is 12.1 Å². The lowest BCUT2D eigenvalue weighted by molar-refractivity contribution is -0.114. The molecule has 0 bridgehead atoms. The number of aliphatic hydroxyl groups is 1. The number of rotatable bonds is 6. The first kappa shape index (κ1) is 13.8. The number of carbonyl (C=O) groups is 1. The summed E-state index contributed by atoms with van der Waals surface area (Å²) in [7, 11) is 1.56. The topological polar surface area (TPSA) is 70.6 Å². The van der Waals surface area contributed by atoms with Crippen LogP contribution in [-0.4, -0.2) is 30.8 Å². The molecule has 5 nitrogen and oxygen atoms in total. The summed E-state index contributed by atoms with van der Waals surface area (Å²) in [6, 6.07) is 5.95. The second-order valence-electron chi connectivity index (χ2n) is 4.82. The number of methoxy groups -OCH3 is 1. The SMILES string of the molecule is COc1ccc(C(CO)NC2CC2)cc1NC(C)=O. The van der Waals surface area contributed by atoms with Gasteiger partial charge in [-0.05, 0) is 30.5 Å². The molecule has 0 heterocycles. The highest BCUT2D eigenvalue weighted by Gasteiger charge is 2.25. The first-order valence-corrected chi connectivity index (χ1v) is 6.46. The molecule has 1 aromatic rings. The van der Waals surface area contributed by atoms with Gasteiger partial charge in [-0.15, -0.1) is 0 Å². The zero-order valence-corrected chi connectivity index (χ0v) is 11.3. The summed E-state index contributed by atoms with van der Waals surface area (Å²) in [4.78, 5) is 11.2. The first-order chi connectivity index (χ1) is 9.13. The molecule has 0 aromatic heterocycles. The second-order valence-corrected chi connectivity index (χ2v) is 4.82. The van der Waals surface area contributed by atoms with Crippen LogP contribution in [0, 0.1) is 0 Å². The lowest BCUT2D eigenvalue weighted by Gasteiger charge is -2.18. The maximum absolute atomic E-state index is 11.2. The van der Waals surface area contributed by atoms with Crippen molar-refractivity contribution >= 4 is 11.6 Å². The van der Waals surface area contributed by atoms with Crippen molar-refractivity contribution < 1.29 is 14.6 Å². The van der Waals surface area contributed by atoms with Crippen LogP contribution in [-0.2, 0) is 4.79 Å². The lowest BCUT2D eigenvalue weighted by Crippen LogP contribution is -2.26. The minimum absolute atomic E-state index is 0.0301. The highest BCUT2D eigenvalue weighted by Crippen LogP contribution is 2.30. The van der Waals surface area contributed by atoms with Crippen molar-refractivity contribution in [1.82, 2.24) is 5.32 Å². The molecule has 0 aliphatic heterocycles. The van der Waals surface area contributed by atoms with Crippen molar-refractivity contribution in [2.75, 3.05) is 19.0 Å². The molecule has 1 aliphatic carbocycles. The van der Waals surface area contributed by atoms with Gasteiger partial charge in [-0.1, -0.05) is 6.07 Å². The summed E-state index contributed by atoms with van der Waals surface area (Å²) in [5.74, 6) is 0.466. The van der Waals surface area contributed by atoms with E-state index in [1.54, 1.807) is 13.2 Å². The predicted octanol–water partition coefficient (Wildman–Crippen LogP) is 1.44. The monoisotopic (exact) mass is 264 g/mol. The average Bonchev–Trinajstić information content (AvgIpc) is 3.19. The first-order valence-electron chi connectivity index (χ1n) is 6.46. The van der Waals surface area contributed by atoms with E-state index in [-0.39, 0.29) is 18.6 Å². The molecule has 104 valence electrons. The number of anilines is 1. The molecule has 1 atom stereocenters. The summed E-state index contributed by atoms with van der Waals surface area (Å²) in [5, 5.41) is 15.6. The van der Waals surface area contributed by atoms with E-state index in [1.165, 1.54) is 6.92 Å². The average molecular weight is 264 g/mol. The van der Waals surface area contributed by atoms with Crippen LogP contribution in [0.3, 0.4) is 0 Å². The molecular formula is C14H20N2O3. The fourth-order valence-electron chi connectivity index (χ4n) is 2.02. The van der Waals surface area contributed by atoms with Crippen LogP contribution in [0.4, 0.5) is 5.69 Å². The fraction of sp³-hybridized carbons (Fsp3) is 0.500. The van der Waals surface area contributed by atoms with Crippen LogP contribution >= 0.6 is 0 Å². The fourth-order valence-corrected chi connectivity index (χ4v) is 2.02. The third-order valence-corrected chi connectivity index (χ3v) is 3.13. The maximum atomic E-state index is 11.2. The van der Waals surface area contributed by atoms with Gasteiger partial charge in [0.05, 0.1) is 25.4 Å². The lowest BCUT2D eigenvalue weighted by atomic mass is 10.1.